The lowest BCUT2D eigenvalue weighted by Gasteiger charge is -2.12. The Morgan fingerprint density at radius 3 is 2.70 bits per heavy atom. The number of nitrogens with one attached hydrogen (secondary N) is 1. The van der Waals surface area contributed by atoms with Gasteiger partial charge in [0.15, 0.2) is 11.0 Å². The van der Waals surface area contributed by atoms with Gasteiger partial charge in [-0.3, -0.25) is 4.79 Å². The summed E-state index contributed by atoms with van der Waals surface area (Å²) in [6, 6.07) is 17.2. The fourth-order valence-electron chi connectivity index (χ4n) is 2.70. The molecule has 2 aromatic carbocycles. The quantitative estimate of drug-likeness (QED) is 0.387. The first-order valence-corrected chi connectivity index (χ1v) is 11.6. The highest BCUT2D eigenvalue weighted by molar-refractivity contribution is 9.10. The van der Waals surface area contributed by atoms with E-state index in [2.05, 4.69) is 49.9 Å². The van der Waals surface area contributed by atoms with Crippen LogP contribution in [0.3, 0.4) is 0 Å². The molecule has 0 saturated carbocycles. The van der Waals surface area contributed by atoms with Crippen molar-refractivity contribution < 1.29 is 9.53 Å². The minimum atomic E-state index is -0.0846. The van der Waals surface area contributed by atoms with E-state index in [0.29, 0.717) is 12.5 Å². The van der Waals surface area contributed by atoms with Crippen molar-refractivity contribution in [2.24, 2.45) is 5.92 Å². The lowest BCUT2D eigenvalue weighted by molar-refractivity contribution is -0.113. The lowest BCUT2D eigenvalue weighted by Crippen LogP contribution is -2.15. The summed E-state index contributed by atoms with van der Waals surface area (Å²) in [7, 11) is 0. The van der Waals surface area contributed by atoms with Gasteiger partial charge in [0.1, 0.15) is 12.4 Å². The van der Waals surface area contributed by atoms with Crippen molar-refractivity contribution in [1.82, 2.24) is 14.8 Å². The second-order valence-corrected chi connectivity index (χ2v) is 9.04. The number of carbonyl (C=O) groups is 1. The molecule has 0 fully saturated rings. The van der Waals surface area contributed by atoms with Crippen molar-refractivity contribution in [3.63, 3.8) is 0 Å². The van der Waals surface area contributed by atoms with Crippen LogP contribution in [-0.2, 0) is 17.9 Å². The maximum absolute atomic E-state index is 12.4. The zero-order valence-corrected chi connectivity index (χ0v) is 19.4. The Labute approximate surface area is 189 Å². The van der Waals surface area contributed by atoms with Crippen molar-refractivity contribution in [1.29, 1.82) is 0 Å². The van der Waals surface area contributed by atoms with Crippen LogP contribution >= 0.6 is 27.7 Å². The van der Waals surface area contributed by atoms with Crippen LogP contribution in [0, 0.1) is 5.92 Å². The van der Waals surface area contributed by atoms with E-state index in [1.54, 1.807) is 0 Å². The first-order chi connectivity index (χ1) is 14.5. The molecular weight excluding hydrogens is 464 g/mol. The molecule has 0 unspecified atom stereocenters. The molecule has 30 heavy (non-hydrogen) atoms. The summed E-state index contributed by atoms with van der Waals surface area (Å²) in [4.78, 5) is 12.4. The second-order valence-electron chi connectivity index (χ2n) is 7.18. The molecule has 1 heterocycles. The highest BCUT2D eigenvalue weighted by Gasteiger charge is 2.15. The highest BCUT2D eigenvalue weighted by Crippen LogP contribution is 2.21. The van der Waals surface area contributed by atoms with E-state index in [1.165, 1.54) is 11.8 Å². The Bertz CT molecular complexity index is 963. The third-order valence-corrected chi connectivity index (χ3v) is 5.74. The molecule has 0 bridgehead atoms. The summed E-state index contributed by atoms with van der Waals surface area (Å²) in [5, 5.41) is 12.3. The molecule has 0 radical (unpaired) electrons. The van der Waals surface area contributed by atoms with E-state index in [4.69, 9.17) is 4.74 Å². The summed E-state index contributed by atoms with van der Waals surface area (Å²) < 4.78 is 8.83. The molecule has 0 spiro atoms. The number of hydrogen-bond donors (Lipinski definition) is 1. The number of thioether (sulfide) groups is 1. The molecule has 158 valence electrons. The largest absolute Gasteiger partial charge is 0.486 e. The number of anilines is 1. The maximum Gasteiger partial charge on any atom is 0.234 e. The molecule has 0 aliphatic rings. The normalized spacial score (nSPS) is 10.9. The van der Waals surface area contributed by atoms with Crippen molar-refractivity contribution >= 4 is 39.3 Å². The van der Waals surface area contributed by atoms with Crippen LogP contribution in [0.5, 0.6) is 5.75 Å². The van der Waals surface area contributed by atoms with Gasteiger partial charge in [-0.1, -0.05) is 65.8 Å². The molecule has 1 amide bonds. The number of aromatic nitrogens is 3. The molecule has 0 aliphatic carbocycles. The summed E-state index contributed by atoms with van der Waals surface area (Å²) in [5.74, 6) is 2.27. The Kier molecular flexibility index (Phi) is 8.33. The number of amides is 1. The van der Waals surface area contributed by atoms with Crippen molar-refractivity contribution in [2.75, 3.05) is 11.1 Å². The van der Waals surface area contributed by atoms with Gasteiger partial charge in [-0.25, -0.2) is 0 Å². The third kappa shape index (κ3) is 6.88. The molecule has 6 nitrogen and oxygen atoms in total. The van der Waals surface area contributed by atoms with Gasteiger partial charge in [-0.2, -0.15) is 0 Å². The predicted molar refractivity (Wildman–Crippen MR) is 124 cm³/mol. The van der Waals surface area contributed by atoms with Gasteiger partial charge in [0.05, 0.1) is 5.75 Å². The van der Waals surface area contributed by atoms with Crippen LogP contribution < -0.4 is 10.1 Å². The van der Waals surface area contributed by atoms with Crippen LogP contribution in [0.2, 0.25) is 0 Å². The minimum absolute atomic E-state index is 0.0846. The van der Waals surface area contributed by atoms with Crippen molar-refractivity contribution in [2.45, 2.75) is 38.6 Å². The van der Waals surface area contributed by atoms with Crippen molar-refractivity contribution in [3.05, 3.63) is 64.9 Å². The molecule has 8 heteroatoms. The van der Waals surface area contributed by atoms with Crippen LogP contribution in [0.25, 0.3) is 0 Å². The zero-order chi connectivity index (χ0) is 21.3. The van der Waals surface area contributed by atoms with Crippen LogP contribution in [0.15, 0.2) is 64.2 Å². The number of carbonyl (C=O) groups excluding carboxylic acids is 1. The first-order valence-electron chi connectivity index (χ1n) is 9.79. The fraction of sp³-hybridized carbons (Fsp3) is 0.318. The molecule has 0 atom stereocenters. The molecule has 0 aliphatic heterocycles. The molecule has 3 rings (SSSR count). The number of rotatable bonds is 10. The average Bonchev–Trinajstić information content (AvgIpc) is 3.11. The summed E-state index contributed by atoms with van der Waals surface area (Å²) in [6.07, 6.45) is 0.994. The van der Waals surface area contributed by atoms with E-state index in [-0.39, 0.29) is 11.7 Å². The molecule has 3 aromatic rings. The summed E-state index contributed by atoms with van der Waals surface area (Å²) in [6.45, 7) is 5.49. The number of nitrogens with zero attached hydrogens (tertiary/aromatic N) is 3. The van der Waals surface area contributed by atoms with E-state index in [1.807, 2.05) is 54.6 Å². The Morgan fingerprint density at radius 2 is 1.97 bits per heavy atom. The Hall–Kier alpha value is -2.32. The molecule has 1 N–H and O–H groups in total. The Morgan fingerprint density at radius 1 is 1.17 bits per heavy atom. The molecule has 1 aromatic heterocycles. The Balaban J connectivity index is 1.63. The minimum Gasteiger partial charge on any atom is -0.486 e. The standard InChI is InChI=1S/C22H25BrN4O2S/c1-16(2)11-12-27-20(14-29-19-9-4-3-5-10-19)25-26-22(27)30-15-21(28)24-18-8-6-7-17(23)13-18/h3-10,13,16H,11-12,14-15H2,1-2H3,(H,24,28). The van der Waals surface area contributed by atoms with E-state index in [0.717, 1.165) is 39.9 Å². The zero-order valence-electron chi connectivity index (χ0n) is 17.0. The number of ether oxygens (including phenoxy) is 1. The number of benzene rings is 2. The smallest absolute Gasteiger partial charge is 0.234 e. The van der Waals surface area contributed by atoms with Gasteiger partial charge in [-0.15, -0.1) is 10.2 Å². The van der Waals surface area contributed by atoms with Gasteiger partial charge in [0.2, 0.25) is 5.91 Å². The second kappa shape index (κ2) is 11.2. The van der Waals surface area contributed by atoms with E-state index >= 15 is 0 Å². The predicted octanol–water partition coefficient (Wildman–Crippen LogP) is 5.40. The van der Waals surface area contributed by atoms with Gasteiger partial charge >= 0.3 is 0 Å². The average molecular weight is 489 g/mol. The van der Waals surface area contributed by atoms with Gasteiger partial charge < -0.3 is 14.6 Å². The summed E-state index contributed by atoms with van der Waals surface area (Å²) in [5.41, 5.74) is 0.758. The number of halogens is 1. The highest BCUT2D eigenvalue weighted by atomic mass is 79.9. The summed E-state index contributed by atoms with van der Waals surface area (Å²) >= 11 is 4.79. The number of hydrogen-bond acceptors (Lipinski definition) is 5. The maximum atomic E-state index is 12.4. The van der Waals surface area contributed by atoms with E-state index in [9.17, 15) is 4.79 Å². The van der Waals surface area contributed by atoms with E-state index < -0.39 is 0 Å². The van der Waals surface area contributed by atoms with Crippen LogP contribution in [0.4, 0.5) is 5.69 Å². The van der Waals surface area contributed by atoms with Gasteiger partial charge in [-0.05, 0) is 42.7 Å². The molecule has 0 saturated heterocycles. The first kappa shape index (κ1) is 22.4. The number of para-hydroxylation sites is 1. The lowest BCUT2D eigenvalue weighted by atomic mass is 10.1. The van der Waals surface area contributed by atoms with Gasteiger partial charge in [0.25, 0.3) is 0 Å². The monoisotopic (exact) mass is 488 g/mol. The third-order valence-electron chi connectivity index (χ3n) is 4.28. The van der Waals surface area contributed by atoms with Crippen LogP contribution in [-0.4, -0.2) is 26.4 Å². The topological polar surface area (TPSA) is 69.0 Å². The molecular formula is C22H25BrN4O2S. The van der Waals surface area contributed by atoms with Crippen LogP contribution in [0.1, 0.15) is 26.1 Å². The van der Waals surface area contributed by atoms with Gasteiger partial charge in [0, 0.05) is 16.7 Å². The SMILES string of the molecule is CC(C)CCn1c(COc2ccccc2)nnc1SCC(=O)Nc1cccc(Br)c1. The fourth-order valence-corrected chi connectivity index (χ4v) is 3.89. The van der Waals surface area contributed by atoms with Crippen molar-refractivity contribution in [3.8, 4) is 5.75 Å².